The first-order valence-electron chi connectivity index (χ1n) is 9.09. The Bertz CT molecular complexity index is 968. The van der Waals surface area contributed by atoms with Crippen LogP contribution in [0.25, 0.3) is 5.69 Å². The first-order chi connectivity index (χ1) is 12.8. The smallest absolute Gasteiger partial charge is 0.337 e. The number of aromatic nitrogens is 2. The molecule has 0 fully saturated rings. The predicted octanol–water partition coefficient (Wildman–Crippen LogP) is 5.17. The maximum absolute atomic E-state index is 11.6. The largest absolute Gasteiger partial charge is 0.478 e. The highest BCUT2D eigenvalue weighted by Crippen LogP contribution is 2.30. The molecular weight excluding hydrogens is 338 g/mol. The molecule has 2 N–H and O–H groups in total. The molecule has 0 spiro atoms. The van der Waals surface area contributed by atoms with Crippen LogP contribution in [0, 0.1) is 0 Å². The van der Waals surface area contributed by atoms with E-state index in [4.69, 9.17) is 5.10 Å². The van der Waals surface area contributed by atoms with E-state index in [-0.39, 0.29) is 11.0 Å². The first kappa shape index (κ1) is 18.7. The number of carboxylic acids is 1. The zero-order valence-corrected chi connectivity index (χ0v) is 16.2. The molecule has 1 heterocycles. The molecule has 1 aromatic heterocycles. The van der Waals surface area contributed by atoms with Gasteiger partial charge in [0.05, 0.1) is 22.6 Å². The molecule has 0 radical (unpaired) electrons. The summed E-state index contributed by atoms with van der Waals surface area (Å²) >= 11 is 0. The number of aryl methyl sites for hydroxylation is 1. The van der Waals surface area contributed by atoms with E-state index in [0.717, 1.165) is 23.6 Å². The quantitative estimate of drug-likeness (QED) is 0.656. The molecule has 0 aliphatic heterocycles. The Morgan fingerprint density at radius 3 is 2.44 bits per heavy atom. The fraction of sp³-hybridized carbons (Fsp3) is 0.273. The Morgan fingerprint density at radius 1 is 1.11 bits per heavy atom. The summed E-state index contributed by atoms with van der Waals surface area (Å²) < 4.78 is 1.87. The van der Waals surface area contributed by atoms with Gasteiger partial charge in [-0.15, -0.1) is 0 Å². The zero-order valence-electron chi connectivity index (χ0n) is 16.2. The summed E-state index contributed by atoms with van der Waals surface area (Å²) in [6.45, 7) is 8.45. The van der Waals surface area contributed by atoms with Gasteiger partial charge >= 0.3 is 5.97 Å². The number of nitrogens with zero attached hydrogens (tertiary/aromatic N) is 2. The summed E-state index contributed by atoms with van der Waals surface area (Å²) in [4.78, 5) is 11.6. The summed E-state index contributed by atoms with van der Waals surface area (Å²) in [7, 11) is 0. The van der Waals surface area contributed by atoms with Crippen molar-refractivity contribution in [3.8, 4) is 5.69 Å². The minimum Gasteiger partial charge on any atom is -0.478 e. The molecule has 5 nitrogen and oxygen atoms in total. The standard InChI is InChI=1S/C22H25N3O2/c1-5-15-10-6-9-13-18(15)25-20(14-19(24-25)22(2,3)4)23-17-12-8-7-11-16(17)21(26)27/h6-14,23H,5H2,1-4H3,(H,26,27). The second kappa shape index (κ2) is 7.27. The highest BCUT2D eigenvalue weighted by atomic mass is 16.4. The van der Waals surface area contributed by atoms with Crippen LogP contribution in [0.5, 0.6) is 0 Å². The van der Waals surface area contributed by atoms with Gasteiger partial charge in [0, 0.05) is 11.5 Å². The molecule has 5 heteroatoms. The van der Waals surface area contributed by atoms with Crippen LogP contribution >= 0.6 is 0 Å². The summed E-state index contributed by atoms with van der Waals surface area (Å²) in [5.74, 6) is -0.219. The summed E-state index contributed by atoms with van der Waals surface area (Å²) in [6.07, 6.45) is 0.881. The molecule has 2 aromatic carbocycles. The third kappa shape index (κ3) is 3.87. The molecule has 0 saturated heterocycles. The fourth-order valence-corrected chi connectivity index (χ4v) is 2.95. The van der Waals surface area contributed by atoms with Crippen LogP contribution in [-0.4, -0.2) is 20.9 Å². The van der Waals surface area contributed by atoms with Crippen molar-refractivity contribution >= 4 is 17.5 Å². The van der Waals surface area contributed by atoms with Gasteiger partial charge in [0.2, 0.25) is 0 Å². The fourth-order valence-electron chi connectivity index (χ4n) is 2.95. The van der Waals surface area contributed by atoms with Crippen molar-refractivity contribution in [2.24, 2.45) is 0 Å². The van der Waals surface area contributed by atoms with Gasteiger partial charge in [0.1, 0.15) is 5.82 Å². The lowest BCUT2D eigenvalue weighted by Crippen LogP contribution is -2.13. The van der Waals surface area contributed by atoms with E-state index in [0.29, 0.717) is 5.69 Å². The molecule has 0 aliphatic carbocycles. The number of nitrogens with one attached hydrogen (secondary N) is 1. The number of rotatable bonds is 5. The molecule has 0 bridgehead atoms. The average Bonchev–Trinajstić information content (AvgIpc) is 3.06. The van der Waals surface area contributed by atoms with E-state index in [9.17, 15) is 9.90 Å². The van der Waals surface area contributed by atoms with Gasteiger partial charge in [-0.2, -0.15) is 5.10 Å². The van der Waals surface area contributed by atoms with E-state index in [1.54, 1.807) is 18.2 Å². The SMILES string of the molecule is CCc1ccccc1-n1nc(C(C)(C)C)cc1Nc1ccccc1C(=O)O. The van der Waals surface area contributed by atoms with Crippen LogP contribution in [0.4, 0.5) is 11.5 Å². The summed E-state index contributed by atoms with van der Waals surface area (Å²) in [5.41, 5.74) is 3.74. The van der Waals surface area contributed by atoms with Crippen LogP contribution in [0.2, 0.25) is 0 Å². The molecule has 0 aliphatic rings. The first-order valence-corrected chi connectivity index (χ1v) is 9.09. The molecule has 140 valence electrons. The molecule has 0 atom stereocenters. The van der Waals surface area contributed by atoms with E-state index in [1.165, 1.54) is 5.56 Å². The third-order valence-electron chi connectivity index (χ3n) is 4.50. The number of hydrogen-bond donors (Lipinski definition) is 2. The Kier molecular flexibility index (Phi) is 5.04. The molecule has 3 aromatic rings. The minimum absolute atomic E-state index is 0.130. The van der Waals surface area contributed by atoms with E-state index < -0.39 is 5.97 Å². The van der Waals surface area contributed by atoms with Crippen molar-refractivity contribution in [3.63, 3.8) is 0 Å². The molecule has 27 heavy (non-hydrogen) atoms. The van der Waals surface area contributed by atoms with Gasteiger partial charge < -0.3 is 10.4 Å². The second-order valence-electron chi connectivity index (χ2n) is 7.53. The maximum atomic E-state index is 11.6. The van der Waals surface area contributed by atoms with Crippen molar-refractivity contribution in [2.45, 2.75) is 39.5 Å². The Balaban J connectivity index is 2.15. The third-order valence-corrected chi connectivity index (χ3v) is 4.50. The van der Waals surface area contributed by atoms with Crippen molar-refractivity contribution in [2.75, 3.05) is 5.32 Å². The number of benzene rings is 2. The monoisotopic (exact) mass is 363 g/mol. The van der Waals surface area contributed by atoms with Gasteiger partial charge in [-0.05, 0) is 30.2 Å². The van der Waals surface area contributed by atoms with Gasteiger partial charge in [0.25, 0.3) is 0 Å². The highest BCUT2D eigenvalue weighted by molar-refractivity contribution is 5.95. The van der Waals surface area contributed by atoms with Gasteiger partial charge in [-0.1, -0.05) is 58.0 Å². The lowest BCUT2D eigenvalue weighted by molar-refractivity contribution is 0.0698. The second-order valence-corrected chi connectivity index (χ2v) is 7.53. The molecule has 3 rings (SSSR count). The normalized spacial score (nSPS) is 11.4. The minimum atomic E-state index is -0.964. The van der Waals surface area contributed by atoms with E-state index in [1.807, 2.05) is 35.0 Å². The molecule has 0 unspecified atom stereocenters. The van der Waals surface area contributed by atoms with Gasteiger partial charge in [-0.3, -0.25) is 0 Å². The van der Waals surface area contributed by atoms with Crippen molar-refractivity contribution in [3.05, 3.63) is 71.4 Å². The topological polar surface area (TPSA) is 67.2 Å². The predicted molar refractivity (Wildman–Crippen MR) is 108 cm³/mol. The van der Waals surface area contributed by atoms with Crippen molar-refractivity contribution < 1.29 is 9.90 Å². The highest BCUT2D eigenvalue weighted by Gasteiger charge is 2.22. The van der Waals surface area contributed by atoms with Crippen molar-refractivity contribution in [1.29, 1.82) is 0 Å². The number of aromatic carboxylic acids is 1. The average molecular weight is 363 g/mol. The molecule has 0 amide bonds. The number of carboxylic acid groups (broad SMARTS) is 1. The number of anilines is 2. The number of hydrogen-bond acceptors (Lipinski definition) is 3. The number of carbonyl (C=O) groups is 1. The van der Waals surface area contributed by atoms with Crippen LogP contribution < -0.4 is 5.32 Å². The van der Waals surface area contributed by atoms with Crippen LogP contribution in [0.1, 0.15) is 49.3 Å². The maximum Gasteiger partial charge on any atom is 0.337 e. The van der Waals surface area contributed by atoms with Crippen LogP contribution in [0.3, 0.4) is 0 Å². The van der Waals surface area contributed by atoms with E-state index >= 15 is 0 Å². The van der Waals surface area contributed by atoms with Crippen LogP contribution in [0.15, 0.2) is 54.6 Å². The van der Waals surface area contributed by atoms with Crippen molar-refractivity contribution in [1.82, 2.24) is 9.78 Å². The lowest BCUT2D eigenvalue weighted by atomic mass is 9.92. The van der Waals surface area contributed by atoms with Crippen LogP contribution in [-0.2, 0) is 11.8 Å². The number of para-hydroxylation sites is 2. The Hall–Kier alpha value is -3.08. The summed E-state index contributed by atoms with van der Waals surface area (Å²) in [6, 6.07) is 17.0. The zero-order chi connectivity index (χ0) is 19.6. The summed E-state index contributed by atoms with van der Waals surface area (Å²) in [5, 5.41) is 17.6. The Labute approximate surface area is 159 Å². The van der Waals surface area contributed by atoms with E-state index in [2.05, 4.69) is 39.1 Å². The molecule has 0 saturated carbocycles. The van der Waals surface area contributed by atoms with Gasteiger partial charge in [0.15, 0.2) is 0 Å². The molecular formula is C22H25N3O2. The van der Waals surface area contributed by atoms with Gasteiger partial charge in [-0.25, -0.2) is 9.48 Å². The lowest BCUT2D eigenvalue weighted by Gasteiger charge is -2.15. The Morgan fingerprint density at radius 2 is 1.78 bits per heavy atom.